The number of hydrogen-bond donors (Lipinski definition) is 1. The lowest BCUT2D eigenvalue weighted by atomic mass is 10.0. The molecule has 8 heteroatoms. The van der Waals surface area contributed by atoms with Crippen LogP contribution in [0.1, 0.15) is 24.4 Å². The molecule has 1 aliphatic rings. The molecule has 23 heavy (non-hydrogen) atoms. The molecule has 1 saturated heterocycles. The summed E-state index contributed by atoms with van der Waals surface area (Å²) >= 11 is 0. The normalized spacial score (nSPS) is 22.6. The van der Waals surface area contributed by atoms with Gasteiger partial charge in [-0.05, 0) is 14.0 Å². The molecule has 0 aromatic carbocycles. The summed E-state index contributed by atoms with van der Waals surface area (Å²) in [6.07, 6.45) is 5.67. The predicted molar refractivity (Wildman–Crippen MR) is 85.7 cm³/mol. The lowest BCUT2D eigenvalue weighted by Crippen LogP contribution is -2.48. The summed E-state index contributed by atoms with van der Waals surface area (Å²) in [6.45, 7) is 6.09. The van der Waals surface area contributed by atoms with Gasteiger partial charge in [-0.15, -0.1) is 5.10 Å². The summed E-state index contributed by atoms with van der Waals surface area (Å²) in [4.78, 5) is 6.59. The third-order valence-corrected chi connectivity index (χ3v) is 4.41. The van der Waals surface area contributed by atoms with E-state index >= 15 is 0 Å². The molecular weight excluding hydrogens is 294 g/mol. The molecule has 0 aliphatic carbocycles. The zero-order valence-electron chi connectivity index (χ0n) is 14.0. The molecule has 3 heterocycles. The second-order valence-corrected chi connectivity index (χ2v) is 5.94. The molecule has 2 aromatic rings. The zero-order valence-corrected chi connectivity index (χ0v) is 14.0. The number of nitrogens with one attached hydrogen (secondary N) is 1. The van der Waals surface area contributed by atoms with Crippen LogP contribution in [0, 0.1) is 0 Å². The Morgan fingerprint density at radius 3 is 2.96 bits per heavy atom. The summed E-state index contributed by atoms with van der Waals surface area (Å²) in [5, 5.41) is 11.5. The van der Waals surface area contributed by atoms with Gasteiger partial charge in [0, 0.05) is 39.4 Å². The Morgan fingerprint density at radius 2 is 2.22 bits per heavy atom. The van der Waals surface area contributed by atoms with Crippen molar-refractivity contribution in [1.29, 1.82) is 0 Å². The lowest BCUT2D eigenvalue weighted by molar-refractivity contribution is -0.0636. The lowest BCUT2D eigenvalue weighted by Gasteiger charge is -2.39. The van der Waals surface area contributed by atoms with E-state index in [9.17, 15) is 0 Å². The van der Waals surface area contributed by atoms with Crippen LogP contribution in [0.15, 0.2) is 18.7 Å². The maximum atomic E-state index is 6.03. The van der Waals surface area contributed by atoms with Crippen molar-refractivity contribution >= 4 is 0 Å². The van der Waals surface area contributed by atoms with Gasteiger partial charge in [0.1, 0.15) is 0 Å². The second kappa shape index (κ2) is 7.20. The van der Waals surface area contributed by atoms with Gasteiger partial charge in [0.05, 0.1) is 42.7 Å². The number of aromatic nitrogens is 5. The van der Waals surface area contributed by atoms with E-state index in [1.54, 1.807) is 0 Å². The van der Waals surface area contributed by atoms with E-state index in [2.05, 4.69) is 44.1 Å². The van der Waals surface area contributed by atoms with E-state index in [0.29, 0.717) is 0 Å². The second-order valence-electron chi connectivity index (χ2n) is 5.94. The van der Waals surface area contributed by atoms with Gasteiger partial charge in [0.2, 0.25) is 0 Å². The van der Waals surface area contributed by atoms with Crippen LogP contribution in [0.3, 0.4) is 0 Å². The van der Waals surface area contributed by atoms with Gasteiger partial charge in [-0.25, -0.2) is 9.67 Å². The van der Waals surface area contributed by atoms with Gasteiger partial charge >= 0.3 is 0 Å². The number of ether oxygens (including phenoxy) is 1. The van der Waals surface area contributed by atoms with Crippen molar-refractivity contribution in [3.8, 4) is 0 Å². The smallest absolute Gasteiger partial charge is 0.0946 e. The molecule has 0 spiro atoms. The molecule has 0 unspecified atom stereocenters. The number of rotatable bonds is 6. The van der Waals surface area contributed by atoms with Gasteiger partial charge in [-0.2, -0.15) is 0 Å². The topological polar surface area (TPSA) is 73.0 Å². The highest BCUT2D eigenvalue weighted by Gasteiger charge is 2.33. The van der Waals surface area contributed by atoms with Crippen LogP contribution in [0.5, 0.6) is 0 Å². The van der Waals surface area contributed by atoms with Crippen LogP contribution in [0.4, 0.5) is 0 Å². The van der Waals surface area contributed by atoms with Crippen molar-refractivity contribution < 1.29 is 4.74 Å². The number of nitrogens with zero attached hydrogens (tertiary/aromatic N) is 6. The number of morpholine rings is 1. The Balaban J connectivity index is 1.64. The number of likely N-dealkylation sites (N-methyl/N-ethyl adjacent to an activating group) is 1. The largest absolute Gasteiger partial charge is 0.374 e. The summed E-state index contributed by atoms with van der Waals surface area (Å²) in [6, 6.07) is 0.206. The quantitative estimate of drug-likeness (QED) is 0.820. The van der Waals surface area contributed by atoms with Crippen LogP contribution in [-0.4, -0.2) is 62.3 Å². The maximum absolute atomic E-state index is 6.03. The Bertz CT molecular complexity index is 623. The van der Waals surface area contributed by atoms with Crippen LogP contribution in [0.2, 0.25) is 0 Å². The molecule has 0 radical (unpaired) electrons. The molecule has 126 valence electrons. The highest BCUT2D eigenvalue weighted by molar-refractivity contribution is 5.09. The minimum atomic E-state index is 0.0927. The fourth-order valence-electron chi connectivity index (χ4n) is 3.13. The molecule has 0 bridgehead atoms. The molecule has 2 aromatic heterocycles. The average molecular weight is 319 g/mol. The van der Waals surface area contributed by atoms with Crippen LogP contribution in [0.25, 0.3) is 0 Å². The molecule has 1 N–H and O–H groups in total. The van der Waals surface area contributed by atoms with Crippen LogP contribution in [-0.2, 0) is 24.9 Å². The van der Waals surface area contributed by atoms with Crippen molar-refractivity contribution in [3.05, 3.63) is 30.1 Å². The molecule has 0 saturated carbocycles. The minimum absolute atomic E-state index is 0.0927. The fourth-order valence-corrected chi connectivity index (χ4v) is 3.13. The molecule has 1 aliphatic heterocycles. The van der Waals surface area contributed by atoms with E-state index in [-0.39, 0.29) is 12.1 Å². The van der Waals surface area contributed by atoms with Crippen LogP contribution >= 0.6 is 0 Å². The van der Waals surface area contributed by atoms with Crippen molar-refractivity contribution in [2.24, 2.45) is 7.05 Å². The molecule has 2 atom stereocenters. The van der Waals surface area contributed by atoms with Crippen molar-refractivity contribution in [1.82, 2.24) is 34.8 Å². The number of hydrogen-bond acceptors (Lipinski definition) is 6. The van der Waals surface area contributed by atoms with Gasteiger partial charge in [-0.1, -0.05) is 5.21 Å². The van der Waals surface area contributed by atoms with E-state index in [4.69, 9.17) is 4.74 Å². The molecule has 8 nitrogen and oxygen atoms in total. The predicted octanol–water partition coefficient (Wildman–Crippen LogP) is 0.193. The van der Waals surface area contributed by atoms with Crippen molar-refractivity contribution in [2.45, 2.75) is 32.2 Å². The van der Waals surface area contributed by atoms with E-state index in [1.807, 2.05) is 30.5 Å². The first-order chi connectivity index (χ1) is 11.2. The molecular formula is C15H25N7O. The SMILES string of the molecule is CCn1nncc1CNC[C@@H]1OCCN(C)[C@H]1c1cncn1C. The van der Waals surface area contributed by atoms with E-state index in [1.165, 1.54) is 5.69 Å². The Kier molecular flexibility index (Phi) is 5.04. The van der Waals surface area contributed by atoms with Gasteiger partial charge in [0.15, 0.2) is 0 Å². The first-order valence-electron chi connectivity index (χ1n) is 8.06. The summed E-state index contributed by atoms with van der Waals surface area (Å²) < 4.78 is 10.0. The summed E-state index contributed by atoms with van der Waals surface area (Å²) in [5.41, 5.74) is 2.27. The monoisotopic (exact) mass is 319 g/mol. The first-order valence-corrected chi connectivity index (χ1v) is 8.06. The minimum Gasteiger partial charge on any atom is -0.374 e. The number of imidazole rings is 1. The summed E-state index contributed by atoms with van der Waals surface area (Å²) in [7, 11) is 4.17. The molecule has 1 fully saturated rings. The van der Waals surface area contributed by atoms with Gasteiger partial charge < -0.3 is 14.6 Å². The van der Waals surface area contributed by atoms with E-state index in [0.717, 1.165) is 38.5 Å². The maximum Gasteiger partial charge on any atom is 0.0946 e. The van der Waals surface area contributed by atoms with E-state index < -0.39 is 0 Å². The van der Waals surface area contributed by atoms with Gasteiger partial charge in [0.25, 0.3) is 0 Å². The summed E-state index contributed by atoms with van der Waals surface area (Å²) in [5.74, 6) is 0. The number of aryl methyl sites for hydroxylation is 2. The van der Waals surface area contributed by atoms with Crippen molar-refractivity contribution in [2.75, 3.05) is 26.7 Å². The first kappa shape index (κ1) is 16.1. The van der Waals surface area contributed by atoms with Crippen molar-refractivity contribution in [3.63, 3.8) is 0 Å². The van der Waals surface area contributed by atoms with Crippen LogP contribution < -0.4 is 5.32 Å². The standard InChI is InChI=1S/C15H25N7O/c1-4-22-12(8-18-19-22)7-16-10-14-15(20(2)5-6-23-14)13-9-17-11-21(13)3/h8-9,11,14-16H,4-7,10H2,1-3H3/t14-,15-/m0/s1. The fraction of sp³-hybridized carbons (Fsp3) is 0.667. The third kappa shape index (κ3) is 3.44. The third-order valence-electron chi connectivity index (χ3n) is 4.41. The highest BCUT2D eigenvalue weighted by atomic mass is 16.5. The van der Waals surface area contributed by atoms with Gasteiger partial charge in [-0.3, -0.25) is 4.90 Å². The molecule has 3 rings (SSSR count). The zero-order chi connectivity index (χ0) is 16.2. The Labute approximate surface area is 136 Å². The average Bonchev–Trinajstić information content (AvgIpc) is 3.16. The molecule has 0 amide bonds. The highest BCUT2D eigenvalue weighted by Crippen LogP contribution is 2.27. The Morgan fingerprint density at radius 1 is 1.35 bits per heavy atom. The Hall–Kier alpha value is -1.77.